The zero-order chi connectivity index (χ0) is 10.2. The van der Waals surface area contributed by atoms with Gasteiger partial charge in [-0.2, -0.15) is 0 Å². The average molecular weight is 256 g/mol. The second-order valence-electron chi connectivity index (χ2n) is 4.02. The lowest BCUT2D eigenvalue weighted by Gasteiger charge is -2.39. The molecule has 0 aromatic heterocycles. The van der Waals surface area contributed by atoms with Crippen LogP contribution < -0.4 is 10.1 Å². The second kappa shape index (κ2) is 3.55. The lowest BCUT2D eigenvalue weighted by Crippen LogP contribution is -2.61. The maximum Gasteiger partial charge on any atom is 0.131 e. The predicted octanol–water partition coefficient (Wildman–Crippen LogP) is 2.50. The van der Waals surface area contributed by atoms with Gasteiger partial charge in [0.05, 0.1) is 0 Å². The van der Waals surface area contributed by atoms with Gasteiger partial charge in [-0.25, -0.2) is 0 Å². The molecule has 0 aliphatic carbocycles. The molecule has 0 saturated carbocycles. The van der Waals surface area contributed by atoms with Crippen LogP contribution in [0.4, 0.5) is 0 Å². The summed E-state index contributed by atoms with van der Waals surface area (Å²) in [7, 11) is 0. The maximum atomic E-state index is 5.96. The molecule has 0 unspecified atom stereocenters. The number of hydrogen-bond donors (Lipinski definition) is 1. The first-order valence-electron chi connectivity index (χ1n) is 4.76. The van der Waals surface area contributed by atoms with Crippen molar-refractivity contribution in [2.75, 3.05) is 13.1 Å². The quantitative estimate of drug-likeness (QED) is 0.877. The average Bonchev–Trinajstić information content (AvgIpc) is 2.10. The van der Waals surface area contributed by atoms with E-state index in [9.17, 15) is 0 Å². The SMILES string of the molecule is Cc1c(Br)cccc1OC1(C)CNC1. The Morgan fingerprint density at radius 1 is 1.43 bits per heavy atom. The summed E-state index contributed by atoms with van der Waals surface area (Å²) >= 11 is 3.50. The van der Waals surface area contributed by atoms with Crippen molar-refractivity contribution < 1.29 is 4.74 Å². The molecular formula is C11H14BrNO. The first-order chi connectivity index (χ1) is 6.61. The fraction of sp³-hybridized carbons (Fsp3) is 0.455. The van der Waals surface area contributed by atoms with Crippen LogP contribution in [0.1, 0.15) is 12.5 Å². The Labute approximate surface area is 92.8 Å². The molecule has 14 heavy (non-hydrogen) atoms. The molecule has 76 valence electrons. The molecule has 1 saturated heterocycles. The molecule has 1 aliphatic rings. The van der Waals surface area contributed by atoms with Gasteiger partial charge in [-0.1, -0.05) is 22.0 Å². The van der Waals surface area contributed by atoms with Gasteiger partial charge in [0.1, 0.15) is 11.4 Å². The zero-order valence-corrected chi connectivity index (χ0v) is 10.0. The van der Waals surface area contributed by atoms with Crippen LogP contribution in [0.25, 0.3) is 0 Å². The van der Waals surface area contributed by atoms with E-state index in [0.29, 0.717) is 0 Å². The maximum absolute atomic E-state index is 5.96. The van der Waals surface area contributed by atoms with Crippen LogP contribution in [0, 0.1) is 6.92 Å². The van der Waals surface area contributed by atoms with Crippen molar-refractivity contribution in [3.05, 3.63) is 28.2 Å². The normalized spacial score (nSPS) is 18.8. The van der Waals surface area contributed by atoms with Gasteiger partial charge in [0, 0.05) is 23.1 Å². The highest BCUT2D eigenvalue weighted by atomic mass is 79.9. The number of ether oxygens (including phenoxy) is 1. The molecule has 0 radical (unpaired) electrons. The van der Waals surface area contributed by atoms with E-state index in [1.807, 2.05) is 18.2 Å². The van der Waals surface area contributed by atoms with Crippen molar-refractivity contribution in [3.8, 4) is 5.75 Å². The summed E-state index contributed by atoms with van der Waals surface area (Å²) in [6.07, 6.45) is 0. The van der Waals surface area contributed by atoms with Gasteiger partial charge in [0.2, 0.25) is 0 Å². The van der Waals surface area contributed by atoms with Crippen molar-refractivity contribution in [1.82, 2.24) is 5.32 Å². The number of benzene rings is 1. The fourth-order valence-corrected chi connectivity index (χ4v) is 1.86. The van der Waals surface area contributed by atoms with E-state index < -0.39 is 0 Å². The van der Waals surface area contributed by atoms with Crippen molar-refractivity contribution >= 4 is 15.9 Å². The molecule has 3 heteroatoms. The summed E-state index contributed by atoms with van der Waals surface area (Å²) in [6.45, 7) is 6.05. The van der Waals surface area contributed by atoms with Gasteiger partial charge < -0.3 is 10.1 Å². The molecule has 1 fully saturated rings. The molecule has 2 nitrogen and oxygen atoms in total. The van der Waals surface area contributed by atoms with Gasteiger partial charge in [0.25, 0.3) is 0 Å². The van der Waals surface area contributed by atoms with Crippen LogP contribution in [0.2, 0.25) is 0 Å². The molecule has 2 rings (SSSR count). The van der Waals surface area contributed by atoms with Gasteiger partial charge in [0.15, 0.2) is 0 Å². The lowest BCUT2D eigenvalue weighted by molar-refractivity contribution is 0.0341. The van der Waals surface area contributed by atoms with E-state index in [-0.39, 0.29) is 5.60 Å². The van der Waals surface area contributed by atoms with Gasteiger partial charge in [-0.3, -0.25) is 0 Å². The Morgan fingerprint density at radius 3 is 2.71 bits per heavy atom. The molecule has 0 atom stereocenters. The smallest absolute Gasteiger partial charge is 0.131 e. The Kier molecular flexibility index (Phi) is 2.54. The fourth-order valence-electron chi connectivity index (χ4n) is 1.51. The van der Waals surface area contributed by atoms with Crippen molar-refractivity contribution in [2.24, 2.45) is 0 Å². The monoisotopic (exact) mass is 255 g/mol. The largest absolute Gasteiger partial charge is 0.485 e. The zero-order valence-electron chi connectivity index (χ0n) is 8.43. The highest BCUT2D eigenvalue weighted by molar-refractivity contribution is 9.10. The molecule has 1 aromatic carbocycles. The molecule has 1 heterocycles. The Hall–Kier alpha value is -0.540. The standard InChI is InChI=1S/C11H14BrNO/c1-8-9(12)4-3-5-10(8)14-11(2)6-13-7-11/h3-5,13H,6-7H2,1-2H3. The van der Waals surface area contributed by atoms with E-state index in [0.717, 1.165) is 23.3 Å². The van der Waals surface area contributed by atoms with Gasteiger partial charge >= 0.3 is 0 Å². The van der Waals surface area contributed by atoms with Gasteiger partial charge in [-0.05, 0) is 26.0 Å². The molecule has 0 amide bonds. The van der Waals surface area contributed by atoms with E-state index in [4.69, 9.17) is 4.74 Å². The molecule has 0 bridgehead atoms. The van der Waals surface area contributed by atoms with Crippen LogP contribution in [0.5, 0.6) is 5.75 Å². The van der Waals surface area contributed by atoms with Crippen LogP contribution in [-0.2, 0) is 0 Å². The lowest BCUT2D eigenvalue weighted by atomic mass is 10.00. The first kappa shape index (κ1) is 9.99. The van der Waals surface area contributed by atoms with Crippen LogP contribution in [0.15, 0.2) is 22.7 Å². The minimum atomic E-state index is -0.0223. The number of rotatable bonds is 2. The van der Waals surface area contributed by atoms with Crippen molar-refractivity contribution in [2.45, 2.75) is 19.4 Å². The Bertz CT molecular complexity index is 347. The van der Waals surface area contributed by atoms with Gasteiger partial charge in [-0.15, -0.1) is 0 Å². The molecule has 1 N–H and O–H groups in total. The predicted molar refractivity (Wildman–Crippen MR) is 60.8 cm³/mol. The summed E-state index contributed by atoms with van der Waals surface area (Å²) in [5, 5.41) is 3.22. The molecular weight excluding hydrogens is 242 g/mol. The number of nitrogens with one attached hydrogen (secondary N) is 1. The topological polar surface area (TPSA) is 21.3 Å². The van der Waals surface area contributed by atoms with E-state index >= 15 is 0 Å². The van der Waals surface area contributed by atoms with E-state index in [1.165, 1.54) is 5.56 Å². The third-order valence-corrected chi connectivity index (χ3v) is 3.43. The summed E-state index contributed by atoms with van der Waals surface area (Å²) in [5.74, 6) is 0.975. The third-order valence-electron chi connectivity index (χ3n) is 2.57. The van der Waals surface area contributed by atoms with Crippen molar-refractivity contribution in [3.63, 3.8) is 0 Å². The second-order valence-corrected chi connectivity index (χ2v) is 4.87. The van der Waals surface area contributed by atoms with Crippen molar-refractivity contribution in [1.29, 1.82) is 0 Å². The van der Waals surface area contributed by atoms with Crippen LogP contribution in [0.3, 0.4) is 0 Å². The summed E-state index contributed by atoms with van der Waals surface area (Å²) in [4.78, 5) is 0. The van der Waals surface area contributed by atoms with E-state index in [1.54, 1.807) is 0 Å². The van der Waals surface area contributed by atoms with Crippen LogP contribution in [-0.4, -0.2) is 18.7 Å². The number of halogens is 1. The Balaban J connectivity index is 2.20. The summed E-state index contributed by atoms with van der Waals surface area (Å²) in [5.41, 5.74) is 1.14. The molecule has 0 spiro atoms. The minimum Gasteiger partial charge on any atom is -0.485 e. The third kappa shape index (κ3) is 1.79. The van der Waals surface area contributed by atoms with Crippen LogP contribution >= 0.6 is 15.9 Å². The van der Waals surface area contributed by atoms with E-state index in [2.05, 4.69) is 35.1 Å². The highest BCUT2D eigenvalue weighted by Gasteiger charge is 2.34. The molecule has 1 aliphatic heterocycles. The number of hydrogen-bond acceptors (Lipinski definition) is 2. The highest BCUT2D eigenvalue weighted by Crippen LogP contribution is 2.29. The minimum absolute atomic E-state index is 0.0223. The molecule has 1 aromatic rings. The first-order valence-corrected chi connectivity index (χ1v) is 5.55. The summed E-state index contributed by atoms with van der Waals surface area (Å²) in [6, 6.07) is 6.05. The Morgan fingerprint density at radius 2 is 2.14 bits per heavy atom. The summed E-state index contributed by atoms with van der Waals surface area (Å²) < 4.78 is 7.06.